The van der Waals surface area contributed by atoms with Crippen LogP contribution in [0.25, 0.3) is 0 Å². The van der Waals surface area contributed by atoms with Crippen LogP contribution in [-0.2, 0) is 14.3 Å². The van der Waals surface area contributed by atoms with Crippen molar-refractivity contribution in [1.29, 1.82) is 0 Å². The number of benzene rings is 1. The van der Waals surface area contributed by atoms with Gasteiger partial charge in [0.25, 0.3) is 5.79 Å². The minimum atomic E-state index is -1.83. The zero-order chi connectivity index (χ0) is 12.2. The molecule has 4 nitrogen and oxygen atoms in total. The molecule has 0 aliphatic heterocycles. The molecule has 0 N–H and O–H groups in total. The van der Waals surface area contributed by atoms with Gasteiger partial charge in [-0.05, 0) is 0 Å². The number of rotatable bonds is 5. The van der Waals surface area contributed by atoms with E-state index in [2.05, 4.69) is 0 Å². The average Bonchev–Trinajstić information content (AvgIpc) is 2.32. The summed E-state index contributed by atoms with van der Waals surface area (Å²) in [6.07, 6.45) is 0. The van der Waals surface area contributed by atoms with E-state index in [1.807, 2.05) is 0 Å². The average molecular weight is 222 g/mol. The predicted molar refractivity (Wildman–Crippen MR) is 58.2 cm³/mol. The Labute approximate surface area is 94.2 Å². The van der Waals surface area contributed by atoms with Crippen molar-refractivity contribution in [2.45, 2.75) is 12.7 Å². The van der Waals surface area contributed by atoms with Gasteiger partial charge < -0.3 is 9.47 Å². The van der Waals surface area contributed by atoms with Crippen molar-refractivity contribution in [3.05, 3.63) is 35.9 Å². The summed E-state index contributed by atoms with van der Waals surface area (Å²) in [5.74, 6) is -2.81. The lowest BCUT2D eigenvalue weighted by Crippen LogP contribution is -2.49. The predicted octanol–water partition coefficient (Wildman–Crippen LogP) is 1.45. The van der Waals surface area contributed by atoms with Crippen LogP contribution in [0.1, 0.15) is 17.3 Å². The summed E-state index contributed by atoms with van der Waals surface area (Å²) in [6.45, 7) is 1.26. The molecule has 0 amide bonds. The van der Waals surface area contributed by atoms with E-state index in [4.69, 9.17) is 9.47 Å². The molecule has 0 aliphatic carbocycles. The molecule has 1 rings (SSSR count). The van der Waals surface area contributed by atoms with Crippen molar-refractivity contribution in [3.8, 4) is 0 Å². The third-order valence-corrected chi connectivity index (χ3v) is 2.37. The molecular weight excluding hydrogens is 208 g/mol. The first-order valence-electron chi connectivity index (χ1n) is 4.79. The second-order valence-electron chi connectivity index (χ2n) is 3.28. The number of ketones is 2. The molecular formula is C12H14O4. The number of carbonyl (C=O) groups excluding carboxylic acids is 2. The van der Waals surface area contributed by atoms with E-state index in [1.165, 1.54) is 21.1 Å². The monoisotopic (exact) mass is 222 g/mol. The molecule has 4 heteroatoms. The number of hydrogen-bond acceptors (Lipinski definition) is 4. The molecule has 16 heavy (non-hydrogen) atoms. The summed E-state index contributed by atoms with van der Waals surface area (Å²) < 4.78 is 9.89. The molecule has 0 spiro atoms. The first-order chi connectivity index (χ1) is 7.58. The van der Waals surface area contributed by atoms with Gasteiger partial charge in [0.05, 0.1) is 0 Å². The van der Waals surface area contributed by atoms with Crippen LogP contribution in [0.15, 0.2) is 30.3 Å². The van der Waals surface area contributed by atoms with Crippen molar-refractivity contribution >= 4 is 11.6 Å². The molecule has 0 heterocycles. The lowest BCUT2D eigenvalue weighted by Gasteiger charge is -2.26. The largest absolute Gasteiger partial charge is 0.341 e. The van der Waals surface area contributed by atoms with Gasteiger partial charge in [-0.2, -0.15) is 0 Å². The molecule has 0 fully saturated rings. The van der Waals surface area contributed by atoms with Gasteiger partial charge in [-0.3, -0.25) is 9.59 Å². The summed E-state index contributed by atoms with van der Waals surface area (Å²) >= 11 is 0. The maximum Gasteiger partial charge on any atom is 0.294 e. The second kappa shape index (κ2) is 5.01. The summed E-state index contributed by atoms with van der Waals surface area (Å²) in [5.41, 5.74) is 0.376. The fourth-order valence-electron chi connectivity index (χ4n) is 1.50. The fourth-order valence-corrected chi connectivity index (χ4v) is 1.50. The Morgan fingerprint density at radius 2 is 1.56 bits per heavy atom. The number of methoxy groups -OCH3 is 2. The van der Waals surface area contributed by atoms with Crippen LogP contribution in [-0.4, -0.2) is 31.6 Å². The van der Waals surface area contributed by atoms with Gasteiger partial charge in [0, 0.05) is 26.7 Å². The maximum absolute atomic E-state index is 12.1. The number of Topliss-reactive ketones (excluding diaryl/α,β-unsaturated/α-hetero) is 2. The van der Waals surface area contributed by atoms with Gasteiger partial charge in [0.2, 0.25) is 5.78 Å². The highest BCUT2D eigenvalue weighted by atomic mass is 16.7. The Morgan fingerprint density at radius 3 is 1.94 bits per heavy atom. The van der Waals surface area contributed by atoms with Crippen LogP contribution >= 0.6 is 0 Å². The topological polar surface area (TPSA) is 52.6 Å². The third-order valence-electron chi connectivity index (χ3n) is 2.37. The van der Waals surface area contributed by atoms with E-state index in [9.17, 15) is 9.59 Å². The van der Waals surface area contributed by atoms with Crippen molar-refractivity contribution in [1.82, 2.24) is 0 Å². The molecule has 1 aromatic rings. The Morgan fingerprint density at radius 1 is 1.06 bits per heavy atom. The highest BCUT2D eigenvalue weighted by Gasteiger charge is 2.44. The van der Waals surface area contributed by atoms with Gasteiger partial charge in [-0.15, -0.1) is 0 Å². The molecule has 0 unspecified atom stereocenters. The van der Waals surface area contributed by atoms with Crippen molar-refractivity contribution in [3.63, 3.8) is 0 Å². The molecule has 0 saturated carbocycles. The molecule has 0 aliphatic rings. The Bertz CT molecular complexity index is 379. The second-order valence-corrected chi connectivity index (χ2v) is 3.28. The van der Waals surface area contributed by atoms with E-state index >= 15 is 0 Å². The van der Waals surface area contributed by atoms with Crippen molar-refractivity contribution in [2.24, 2.45) is 0 Å². The number of ether oxygens (including phenoxy) is 2. The van der Waals surface area contributed by atoms with E-state index < -0.39 is 17.4 Å². The molecule has 0 atom stereocenters. The third kappa shape index (κ3) is 2.03. The van der Waals surface area contributed by atoms with Crippen molar-refractivity contribution < 1.29 is 19.1 Å². The van der Waals surface area contributed by atoms with Crippen molar-refractivity contribution in [2.75, 3.05) is 14.2 Å². The normalized spacial score (nSPS) is 11.2. The van der Waals surface area contributed by atoms with Crippen LogP contribution < -0.4 is 0 Å². The lowest BCUT2D eigenvalue weighted by atomic mass is 10.00. The maximum atomic E-state index is 12.1. The zero-order valence-electron chi connectivity index (χ0n) is 9.52. The zero-order valence-corrected chi connectivity index (χ0v) is 9.52. The van der Waals surface area contributed by atoms with Gasteiger partial charge in [0.15, 0.2) is 5.78 Å². The lowest BCUT2D eigenvalue weighted by molar-refractivity contribution is -0.182. The summed E-state index contributed by atoms with van der Waals surface area (Å²) in [7, 11) is 2.54. The number of hydrogen-bond donors (Lipinski definition) is 0. The van der Waals surface area contributed by atoms with Crippen LogP contribution in [0.3, 0.4) is 0 Å². The van der Waals surface area contributed by atoms with Crippen LogP contribution in [0.4, 0.5) is 0 Å². The first-order valence-corrected chi connectivity index (χ1v) is 4.79. The van der Waals surface area contributed by atoms with Gasteiger partial charge >= 0.3 is 0 Å². The molecule has 86 valence electrons. The van der Waals surface area contributed by atoms with E-state index in [0.717, 1.165) is 0 Å². The smallest absolute Gasteiger partial charge is 0.294 e. The highest BCUT2D eigenvalue weighted by Crippen LogP contribution is 2.19. The quantitative estimate of drug-likeness (QED) is 0.430. The molecule has 0 aromatic heterocycles. The van der Waals surface area contributed by atoms with Gasteiger partial charge in [-0.1, -0.05) is 30.3 Å². The summed E-state index contributed by atoms with van der Waals surface area (Å²) in [4.78, 5) is 23.6. The van der Waals surface area contributed by atoms with E-state index in [-0.39, 0.29) is 0 Å². The fraction of sp³-hybridized carbons (Fsp3) is 0.333. The standard InChI is InChI=1S/C12H14O4/c1-9(13)12(15-2,16-3)11(14)10-7-5-4-6-8-10/h4-8H,1-3H3. The molecule has 0 bridgehead atoms. The first kappa shape index (κ1) is 12.5. The van der Waals surface area contributed by atoms with E-state index in [0.29, 0.717) is 5.56 Å². The minimum Gasteiger partial charge on any atom is -0.341 e. The SMILES string of the molecule is COC(OC)(C(C)=O)C(=O)c1ccccc1. The van der Waals surface area contributed by atoms with Crippen LogP contribution in [0.5, 0.6) is 0 Å². The van der Waals surface area contributed by atoms with E-state index in [1.54, 1.807) is 30.3 Å². The molecule has 0 saturated heterocycles. The highest BCUT2D eigenvalue weighted by molar-refractivity contribution is 6.15. The molecule has 0 radical (unpaired) electrons. The summed E-state index contributed by atoms with van der Waals surface area (Å²) in [5, 5.41) is 0. The summed E-state index contributed by atoms with van der Waals surface area (Å²) in [6, 6.07) is 8.43. The van der Waals surface area contributed by atoms with Gasteiger partial charge in [-0.25, -0.2) is 0 Å². The Kier molecular flexibility index (Phi) is 3.93. The Hall–Kier alpha value is -1.52. The van der Waals surface area contributed by atoms with Crippen LogP contribution in [0.2, 0.25) is 0 Å². The van der Waals surface area contributed by atoms with Gasteiger partial charge in [0.1, 0.15) is 0 Å². The Balaban J connectivity index is 3.15. The number of carbonyl (C=O) groups is 2. The van der Waals surface area contributed by atoms with Crippen LogP contribution in [0, 0.1) is 0 Å². The molecule has 1 aromatic carbocycles. The minimum absolute atomic E-state index is 0.376.